The summed E-state index contributed by atoms with van der Waals surface area (Å²) < 4.78 is 14.3. The van der Waals surface area contributed by atoms with E-state index in [1.807, 2.05) is 13.8 Å². The van der Waals surface area contributed by atoms with Gasteiger partial charge >= 0.3 is 9.17 Å². The minimum Gasteiger partial charge on any atom is -0.511 e. The maximum Gasteiger partial charge on any atom is 0.764 e. The number of rotatable bonds is 3. The van der Waals surface area contributed by atoms with E-state index in [2.05, 4.69) is 4.43 Å². The van der Waals surface area contributed by atoms with Crippen molar-refractivity contribution >= 4 is 9.17 Å². The molecule has 0 unspecified atom stereocenters. The van der Waals surface area contributed by atoms with E-state index >= 15 is 0 Å². The average molecular weight is 134 g/mol. The molecule has 1 N–H and O–H groups in total. The lowest BCUT2D eigenvalue weighted by Crippen LogP contribution is -2.10. The van der Waals surface area contributed by atoms with Crippen molar-refractivity contribution in [2.24, 2.45) is 5.92 Å². The fourth-order valence-electron chi connectivity index (χ4n) is 0.238. The molecule has 0 fully saturated rings. The maximum absolute atomic E-state index is 9.87. The van der Waals surface area contributed by atoms with Crippen LogP contribution in [0.4, 0.5) is 0 Å². The summed E-state index contributed by atoms with van der Waals surface area (Å²) >= 11 is 0. The summed E-state index contributed by atoms with van der Waals surface area (Å²) in [7, 11) is -2.68. The van der Waals surface area contributed by atoms with Crippen molar-refractivity contribution < 1.29 is 13.7 Å². The Balaban J connectivity index is 3.05. The summed E-state index contributed by atoms with van der Waals surface area (Å²) in [6, 6.07) is 0. The summed E-state index contributed by atoms with van der Waals surface area (Å²) in [6.45, 7) is 4.21. The molecule has 0 aliphatic heterocycles. The second kappa shape index (κ2) is 3.60. The Morgan fingerprint density at radius 3 is 2.38 bits per heavy atom. The van der Waals surface area contributed by atoms with Gasteiger partial charge in [0.2, 0.25) is 0 Å². The van der Waals surface area contributed by atoms with Gasteiger partial charge in [-0.15, -0.1) is 0 Å². The maximum atomic E-state index is 9.87. The van der Waals surface area contributed by atoms with Crippen molar-refractivity contribution in [1.82, 2.24) is 0 Å². The second-order valence-corrected chi connectivity index (χ2v) is 2.79. The normalized spacial score (nSPS) is 9.38. The number of hydrogen-bond acceptors (Lipinski definition) is 2. The Bertz CT molecular complexity index is 81.4. The molecule has 0 radical (unpaired) electrons. The molecule has 0 atom stereocenters. The molecule has 0 rings (SSSR count). The lowest BCUT2D eigenvalue weighted by Gasteiger charge is -2.00. The van der Waals surface area contributed by atoms with Gasteiger partial charge in [-0.05, 0) is 5.92 Å². The Labute approximate surface area is 50.2 Å². The van der Waals surface area contributed by atoms with Crippen LogP contribution in [0.3, 0.4) is 0 Å². The van der Waals surface area contributed by atoms with E-state index < -0.39 is 9.17 Å². The molecule has 3 nitrogen and oxygen atoms in total. The first-order chi connectivity index (χ1) is 3.63. The van der Waals surface area contributed by atoms with Crippen molar-refractivity contribution in [2.45, 2.75) is 13.8 Å². The van der Waals surface area contributed by atoms with Crippen molar-refractivity contribution in [2.75, 3.05) is 6.61 Å². The fraction of sp³-hybridized carbons (Fsp3) is 1.00. The summed E-state index contributed by atoms with van der Waals surface area (Å²) in [5.41, 5.74) is 0. The van der Waals surface area contributed by atoms with Gasteiger partial charge in [0.05, 0.1) is 6.61 Å². The van der Waals surface area contributed by atoms with Gasteiger partial charge in [0.25, 0.3) is 0 Å². The van der Waals surface area contributed by atoms with Crippen LogP contribution in [0.25, 0.3) is 0 Å². The molecule has 0 aliphatic carbocycles. The van der Waals surface area contributed by atoms with E-state index in [9.17, 15) is 4.46 Å². The van der Waals surface area contributed by atoms with Crippen LogP contribution >= 0.6 is 0 Å². The first-order valence-electron chi connectivity index (χ1n) is 2.48. The monoisotopic (exact) mass is 134 g/mol. The predicted octanol–water partition coefficient (Wildman–Crippen LogP) is 0.0667. The third kappa shape index (κ3) is 5.62. The lowest BCUT2D eigenvalue weighted by molar-refractivity contribution is 0.198. The zero-order valence-corrected chi connectivity index (χ0v) is 6.05. The van der Waals surface area contributed by atoms with Gasteiger partial charge in [-0.25, -0.2) is 0 Å². The van der Waals surface area contributed by atoms with E-state index in [4.69, 9.17) is 4.80 Å². The molecule has 0 bridgehead atoms. The fourth-order valence-corrected chi connectivity index (χ4v) is 0.714. The van der Waals surface area contributed by atoms with Crippen LogP contribution in [0, 0.1) is 5.92 Å². The van der Waals surface area contributed by atoms with Crippen molar-refractivity contribution in [3.8, 4) is 0 Å². The zero-order valence-electron chi connectivity index (χ0n) is 5.05. The van der Waals surface area contributed by atoms with Gasteiger partial charge in [-0.2, -0.15) is 0 Å². The van der Waals surface area contributed by atoms with E-state index in [-0.39, 0.29) is 0 Å². The third-order valence-electron chi connectivity index (χ3n) is 0.540. The molecule has 0 aromatic carbocycles. The third-order valence-corrected chi connectivity index (χ3v) is 0.954. The highest BCUT2D eigenvalue weighted by Gasteiger charge is 2.03. The van der Waals surface area contributed by atoms with Crippen LogP contribution < -0.4 is 0 Å². The van der Waals surface area contributed by atoms with Gasteiger partial charge in [-0.3, -0.25) is 4.46 Å². The van der Waals surface area contributed by atoms with E-state index in [0.29, 0.717) is 12.5 Å². The molecule has 8 heavy (non-hydrogen) atoms. The largest absolute Gasteiger partial charge is 0.764 e. The SMILES string of the molecule is CC(C)CO[Si](=O)O. The predicted molar refractivity (Wildman–Crippen MR) is 29.4 cm³/mol. The first kappa shape index (κ1) is 7.62. The molecule has 0 aromatic heterocycles. The molecule has 0 saturated heterocycles. The highest BCUT2D eigenvalue weighted by atomic mass is 28.3. The smallest absolute Gasteiger partial charge is 0.511 e. The highest BCUT2D eigenvalue weighted by molar-refractivity contribution is 6.24. The molecule has 4 heteroatoms. The Morgan fingerprint density at radius 2 is 2.25 bits per heavy atom. The Hall–Kier alpha value is -0.383. The van der Waals surface area contributed by atoms with Crippen LogP contribution in [-0.4, -0.2) is 20.6 Å². The molecular weight excluding hydrogens is 124 g/mol. The quantitative estimate of drug-likeness (QED) is 0.555. The van der Waals surface area contributed by atoms with Crippen LogP contribution in [0.15, 0.2) is 0 Å². The zero-order chi connectivity index (χ0) is 6.57. The van der Waals surface area contributed by atoms with E-state index in [1.54, 1.807) is 0 Å². The van der Waals surface area contributed by atoms with E-state index in [0.717, 1.165) is 0 Å². The Kier molecular flexibility index (Phi) is 3.43. The molecule has 0 spiro atoms. The summed E-state index contributed by atoms with van der Waals surface area (Å²) in [5.74, 6) is 0.330. The van der Waals surface area contributed by atoms with E-state index in [1.165, 1.54) is 0 Å². The van der Waals surface area contributed by atoms with Crippen molar-refractivity contribution in [3.63, 3.8) is 0 Å². The van der Waals surface area contributed by atoms with Gasteiger partial charge in [-0.1, -0.05) is 13.8 Å². The van der Waals surface area contributed by atoms with Crippen molar-refractivity contribution in [1.29, 1.82) is 0 Å². The van der Waals surface area contributed by atoms with Crippen LogP contribution in [0.5, 0.6) is 0 Å². The molecule has 0 heterocycles. The van der Waals surface area contributed by atoms with Crippen molar-refractivity contribution in [3.05, 3.63) is 0 Å². The summed E-state index contributed by atoms with van der Waals surface area (Å²) in [5, 5.41) is 0. The molecule has 0 amide bonds. The summed E-state index contributed by atoms with van der Waals surface area (Å²) in [4.78, 5) is 8.13. The molecule has 0 aliphatic rings. The van der Waals surface area contributed by atoms with Crippen LogP contribution in [0.2, 0.25) is 0 Å². The highest BCUT2D eigenvalue weighted by Crippen LogP contribution is 1.89. The molecule has 48 valence electrons. The lowest BCUT2D eigenvalue weighted by atomic mass is 10.2. The van der Waals surface area contributed by atoms with Gasteiger partial charge in [0.15, 0.2) is 0 Å². The van der Waals surface area contributed by atoms with Crippen LogP contribution in [-0.2, 0) is 8.89 Å². The minimum absolute atomic E-state index is 0.330. The number of hydrogen-bond donors (Lipinski definition) is 1. The van der Waals surface area contributed by atoms with Crippen LogP contribution in [0.1, 0.15) is 13.8 Å². The molecular formula is C4H10O3Si. The van der Waals surface area contributed by atoms with Gasteiger partial charge in [0.1, 0.15) is 0 Å². The van der Waals surface area contributed by atoms with Gasteiger partial charge < -0.3 is 9.22 Å². The molecule has 0 saturated carbocycles. The first-order valence-corrected chi connectivity index (χ1v) is 3.75. The molecule has 0 aromatic rings. The standard InChI is InChI=1S/C4H10O3Si/c1-4(2)3-7-8(5)6/h4-5H,3H2,1-2H3. The second-order valence-electron chi connectivity index (χ2n) is 1.97. The minimum atomic E-state index is -2.68. The average Bonchev–Trinajstić information content (AvgIpc) is 1.61. The Morgan fingerprint density at radius 1 is 1.75 bits per heavy atom. The topological polar surface area (TPSA) is 46.5 Å². The summed E-state index contributed by atoms with van der Waals surface area (Å²) in [6.07, 6.45) is 0. The van der Waals surface area contributed by atoms with Gasteiger partial charge in [0, 0.05) is 0 Å².